The first-order chi connectivity index (χ1) is 15.0. The molecule has 12 heteroatoms. The number of anilines is 2. The molecule has 2 saturated heterocycles. The SMILES string of the molecule is COC(=O)c1cnc(N2CCCN(c3nccs3)CC2)c(S(=O)(=O)N2CCOCC2)c1. The molecule has 2 fully saturated rings. The Morgan fingerprint density at radius 3 is 2.55 bits per heavy atom. The first kappa shape index (κ1) is 21.9. The van der Waals surface area contributed by atoms with Crippen LogP contribution in [0.3, 0.4) is 0 Å². The number of ether oxygens (including phenoxy) is 2. The molecular formula is C19H25N5O5S2. The first-order valence-corrected chi connectivity index (χ1v) is 12.4. The largest absolute Gasteiger partial charge is 0.465 e. The number of pyridine rings is 1. The Balaban J connectivity index is 1.67. The number of rotatable bonds is 5. The third-order valence-corrected chi connectivity index (χ3v) is 8.06. The highest BCUT2D eigenvalue weighted by Crippen LogP contribution is 2.29. The lowest BCUT2D eigenvalue weighted by atomic mass is 10.2. The first-order valence-electron chi connectivity index (χ1n) is 10.1. The molecule has 2 aromatic rings. The zero-order valence-electron chi connectivity index (χ0n) is 17.3. The lowest BCUT2D eigenvalue weighted by Gasteiger charge is -2.29. The molecule has 4 rings (SSSR count). The maximum Gasteiger partial charge on any atom is 0.339 e. The molecule has 0 N–H and O–H groups in total. The van der Waals surface area contributed by atoms with E-state index in [2.05, 4.69) is 14.9 Å². The van der Waals surface area contributed by atoms with E-state index in [9.17, 15) is 13.2 Å². The van der Waals surface area contributed by atoms with E-state index in [0.717, 1.165) is 18.1 Å². The van der Waals surface area contributed by atoms with Crippen molar-refractivity contribution in [1.82, 2.24) is 14.3 Å². The second-order valence-electron chi connectivity index (χ2n) is 7.20. The van der Waals surface area contributed by atoms with Crippen LogP contribution < -0.4 is 9.80 Å². The summed E-state index contributed by atoms with van der Waals surface area (Å²) < 4.78 is 38.4. The van der Waals surface area contributed by atoms with E-state index in [1.54, 1.807) is 17.5 Å². The van der Waals surface area contributed by atoms with Gasteiger partial charge in [0.2, 0.25) is 10.0 Å². The maximum atomic E-state index is 13.5. The van der Waals surface area contributed by atoms with Gasteiger partial charge in [0.05, 0.1) is 25.9 Å². The van der Waals surface area contributed by atoms with Gasteiger partial charge in [0.15, 0.2) is 5.13 Å². The van der Waals surface area contributed by atoms with Crippen LogP contribution in [0.5, 0.6) is 0 Å². The highest BCUT2D eigenvalue weighted by Gasteiger charge is 2.32. The number of aromatic nitrogens is 2. The van der Waals surface area contributed by atoms with Crippen LogP contribution in [0, 0.1) is 0 Å². The van der Waals surface area contributed by atoms with Crippen LogP contribution in [-0.4, -0.2) is 88.3 Å². The van der Waals surface area contributed by atoms with E-state index >= 15 is 0 Å². The van der Waals surface area contributed by atoms with Gasteiger partial charge >= 0.3 is 5.97 Å². The van der Waals surface area contributed by atoms with Crippen molar-refractivity contribution in [3.8, 4) is 0 Å². The quantitative estimate of drug-likeness (QED) is 0.597. The van der Waals surface area contributed by atoms with Crippen molar-refractivity contribution in [1.29, 1.82) is 0 Å². The summed E-state index contributed by atoms with van der Waals surface area (Å²) in [5, 5.41) is 2.90. The van der Waals surface area contributed by atoms with Gasteiger partial charge in [-0.15, -0.1) is 11.3 Å². The van der Waals surface area contributed by atoms with E-state index in [4.69, 9.17) is 9.47 Å². The molecule has 168 valence electrons. The van der Waals surface area contributed by atoms with E-state index in [1.807, 2.05) is 10.3 Å². The fraction of sp³-hybridized carbons (Fsp3) is 0.526. The van der Waals surface area contributed by atoms with Crippen molar-refractivity contribution in [3.05, 3.63) is 29.4 Å². The van der Waals surface area contributed by atoms with Crippen molar-refractivity contribution in [3.63, 3.8) is 0 Å². The van der Waals surface area contributed by atoms with Gasteiger partial charge in [-0.3, -0.25) is 0 Å². The second kappa shape index (κ2) is 9.47. The molecule has 0 amide bonds. The predicted molar refractivity (Wildman–Crippen MR) is 116 cm³/mol. The summed E-state index contributed by atoms with van der Waals surface area (Å²) in [5.74, 6) is -0.261. The zero-order valence-corrected chi connectivity index (χ0v) is 18.9. The molecule has 0 bridgehead atoms. The molecule has 2 aromatic heterocycles. The van der Waals surface area contributed by atoms with Crippen LogP contribution in [-0.2, 0) is 19.5 Å². The van der Waals surface area contributed by atoms with Gasteiger partial charge in [-0.25, -0.2) is 23.2 Å². The van der Waals surface area contributed by atoms with Crippen LogP contribution >= 0.6 is 11.3 Å². The number of thiazole rings is 1. The summed E-state index contributed by atoms with van der Waals surface area (Å²) in [6.45, 7) is 3.98. The Labute approximate surface area is 185 Å². The summed E-state index contributed by atoms with van der Waals surface area (Å²) in [7, 11) is -2.60. The Morgan fingerprint density at radius 1 is 1.10 bits per heavy atom. The summed E-state index contributed by atoms with van der Waals surface area (Å²) in [6, 6.07) is 1.38. The summed E-state index contributed by atoms with van der Waals surface area (Å²) in [6.07, 6.45) is 3.99. The van der Waals surface area contributed by atoms with Crippen molar-refractivity contribution < 1.29 is 22.7 Å². The summed E-state index contributed by atoms with van der Waals surface area (Å²) >= 11 is 1.58. The molecule has 0 radical (unpaired) electrons. The van der Waals surface area contributed by atoms with Crippen molar-refractivity contribution in [2.45, 2.75) is 11.3 Å². The van der Waals surface area contributed by atoms with Crippen LogP contribution in [0.4, 0.5) is 10.9 Å². The number of methoxy groups -OCH3 is 1. The van der Waals surface area contributed by atoms with Crippen molar-refractivity contribution in [2.24, 2.45) is 0 Å². The van der Waals surface area contributed by atoms with Crippen LogP contribution in [0.25, 0.3) is 0 Å². The van der Waals surface area contributed by atoms with Gasteiger partial charge in [0, 0.05) is 57.0 Å². The number of carbonyl (C=O) groups is 1. The van der Waals surface area contributed by atoms with Gasteiger partial charge in [-0.1, -0.05) is 0 Å². The minimum Gasteiger partial charge on any atom is -0.465 e. The molecule has 0 aliphatic carbocycles. The third kappa shape index (κ3) is 4.66. The molecule has 2 aliphatic heterocycles. The lowest BCUT2D eigenvalue weighted by molar-refractivity contribution is 0.0600. The Bertz CT molecular complexity index is 1010. The number of sulfonamides is 1. The molecule has 4 heterocycles. The lowest BCUT2D eigenvalue weighted by Crippen LogP contribution is -2.41. The van der Waals surface area contributed by atoms with Gasteiger partial charge in [0.1, 0.15) is 10.7 Å². The van der Waals surface area contributed by atoms with Crippen molar-refractivity contribution in [2.75, 3.05) is 69.4 Å². The predicted octanol–water partition coefficient (Wildman–Crippen LogP) is 1.06. The number of hydrogen-bond acceptors (Lipinski definition) is 10. The highest BCUT2D eigenvalue weighted by molar-refractivity contribution is 7.89. The summed E-state index contributed by atoms with van der Waals surface area (Å²) in [4.78, 5) is 25.1. The van der Waals surface area contributed by atoms with Crippen LogP contribution in [0.1, 0.15) is 16.8 Å². The second-order valence-corrected chi connectivity index (χ2v) is 9.98. The van der Waals surface area contributed by atoms with Gasteiger partial charge in [-0.2, -0.15) is 4.31 Å². The standard InChI is InChI=1S/C19H25N5O5S2/c1-28-18(25)15-13-16(31(26,27)24-8-10-29-11-9-24)17(21-14-15)22-4-2-5-23(7-6-22)19-20-3-12-30-19/h3,12-14H,2,4-11H2,1H3. The maximum absolute atomic E-state index is 13.5. The minimum absolute atomic E-state index is 0.0278. The average Bonchev–Trinajstić information content (AvgIpc) is 3.23. The van der Waals surface area contributed by atoms with Crippen LogP contribution in [0.2, 0.25) is 0 Å². The molecule has 0 saturated carbocycles. The number of hydrogen-bond donors (Lipinski definition) is 0. The van der Waals surface area contributed by atoms with Crippen molar-refractivity contribution >= 4 is 38.3 Å². The number of carbonyl (C=O) groups excluding carboxylic acids is 1. The molecule has 0 spiro atoms. The molecule has 10 nitrogen and oxygen atoms in total. The van der Waals surface area contributed by atoms with Gasteiger partial charge in [-0.05, 0) is 12.5 Å². The zero-order chi connectivity index (χ0) is 21.8. The average molecular weight is 468 g/mol. The molecular weight excluding hydrogens is 442 g/mol. The van der Waals surface area contributed by atoms with Gasteiger partial charge in [0.25, 0.3) is 0 Å². The molecule has 0 atom stereocenters. The van der Waals surface area contributed by atoms with E-state index in [-0.39, 0.29) is 23.5 Å². The molecule has 2 aliphatic rings. The smallest absolute Gasteiger partial charge is 0.339 e. The van der Waals surface area contributed by atoms with E-state index in [1.165, 1.54) is 23.7 Å². The fourth-order valence-corrected chi connectivity index (χ4v) is 6.01. The number of morpholine rings is 1. The van der Waals surface area contributed by atoms with E-state index in [0.29, 0.717) is 38.7 Å². The highest BCUT2D eigenvalue weighted by atomic mass is 32.2. The minimum atomic E-state index is -3.86. The monoisotopic (exact) mass is 467 g/mol. The topological polar surface area (TPSA) is 105 Å². The Kier molecular flexibility index (Phi) is 6.70. The molecule has 0 aromatic carbocycles. The number of esters is 1. The normalized spacial score (nSPS) is 18.6. The van der Waals surface area contributed by atoms with Gasteiger partial charge < -0.3 is 19.3 Å². The molecule has 31 heavy (non-hydrogen) atoms. The van der Waals surface area contributed by atoms with E-state index < -0.39 is 16.0 Å². The molecule has 0 unspecified atom stereocenters. The number of nitrogens with zero attached hydrogens (tertiary/aromatic N) is 5. The fourth-order valence-electron chi connectivity index (χ4n) is 3.71. The Hall–Kier alpha value is -2.28. The summed E-state index contributed by atoms with van der Waals surface area (Å²) in [5.41, 5.74) is 0.109. The Morgan fingerprint density at radius 2 is 1.84 bits per heavy atom. The third-order valence-electron chi connectivity index (χ3n) is 5.33. The van der Waals surface area contributed by atoms with Crippen LogP contribution in [0.15, 0.2) is 28.7 Å².